The van der Waals surface area contributed by atoms with Crippen LogP contribution in [-0.4, -0.2) is 29.9 Å². The van der Waals surface area contributed by atoms with Gasteiger partial charge in [0.15, 0.2) is 11.7 Å². The van der Waals surface area contributed by atoms with E-state index in [4.69, 9.17) is 4.74 Å². The van der Waals surface area contributed by atoms with Gasteiger partial charge in [-0.25, -0.2) is 4.98 Å². The largest absolute Gasteiger partial charge is 0.482 e. The molecule has 1 aromatic heterocycles. The first-order chi connectivity index (χ1) is 12.1. The van der Waals surface area contributed by atoms with E-state index in [0.717, 1.165) is 29.8 Å². The number of ether oxygens (including phenoxy) is 1. The first-order valence-electron chi connectivity index (χ1n) is 8.45. The van der Waals surface area contributed by atoms with E-state index in [1.807, 2.05) is 30.5 Å². The summed E-state index contributed by atoms with van der Waals surface area (Å²) in [6.07, 6.45) is 2.37. The molecule has 6 nitrogen and oxygen atoms in total. The van der Waals surface area contributed by atoms with Gasteiger partial charge in [0.05, 0.1) is 11.4 Å². The van der Waals surface area contributed by atoms with E-state index in [9.17, 15) is 9.59 Å². The highest BCUT2D eigenvalue weighted by molar-refractivity contribution is 7.14. The fourth-order valence-electron chi connectivity index (χ4n) is 2.69. The van der Waals surface area contributed by atoms with E-state index in [1.54, 1.807) is 4.90 Å². The number of anilines is 2. The molecule has 0 unspecified atom stereocenters. The van der Waals surface area contributed by atoms with Gasteiger partial charge in [0.25, 0.3) is 5.91 Å². The summed E-state index contributed by atoms with van der Waals surface area (Å²) in [6.45, 7) is 4.66. The lowest BCUT2D eigenvalue weighted by Crippen LogP contribution is -2.38. The monoisotopic (exact) mass is 359 g/mol. The van der Waals surface area contributed by atoms with Crippen molar-refractivity contribution in [3.63, 3.8) is 0 Å². The number of thiazole rings is 1. The van der Waals surface area contributed by atoms with Crippen LogP contribution in [0.2, 0.25) is 0 Å². The summed E-state index contributed by atoms with van der Waals surface area (Å²) >= 11 is 1.40. The van der Waals surface area contributed by atoms with E-state index >= 15 is 0 Å². The van der Waals surface area contributed by atoms with Gasteiger partial charge in [0, 0.05) is 23.9 Å². The lowest BCUT2D eigenvalue weighted by atomic mass is 10.1. The number of nitrogens with zero attached hydrogens (tertiary/aromatic N) is 2. The Morgan fingerprint density at radius 2 is 2.24 bits per heavy atom. The molecule has 0 saturated carbocycles. The van der Waals surface area contributed by atoms with Crippen molar-refractivity contribution in [2.45, 2.75) is 33.1 Å². The highest BCUT2D eigenvalue weighted by atomic mass is 32.1. The molecule has 2 aromatic rings. The second kappa shape index (κ2) is 7.65. The number of nitrogens with one attached hydrogen (secondary N) is 1. The predicted octanol–water partition coefficient (Wildman–Crippen LogP) is 3.68. The van der Waals surface area contributed by atoms with Crippen LogP contribution in [0.3, 0.4) is 0 Å². The summed E-state index contributed by atoms with van der Waals surface area (Å²) in [4.78, 5) is 30.0. The minimum Gasteiger partial charge on any atom is -0.482 e. The molecule has 0 aliphatic carbocycles. The topological polar surface area (TPSA) is 71.5 Å². The van der Waals surface area contributed by atoms with E-state index in [1.165, 1.54) is 11.3 Å². The Labute approximate surface area is 150 Å². The average molecular weight is 359 g/mol. The van der Waals surface area contributed by atoms with E-state index in [-0.39, 0.29) is 18.4 Å². The molecule has 0 fully saturated rings. The molecule has 25 heavy (non-hydrogen) atoms. The molecular weight excluding hydrogens is 338 g/mol. The van der Waals surface area contributed by atoms with Gasteiger partial charge in [-0.15, -0.1) is 11.3 Å². The Kier molecular flexibility index (Phi) is 5.33. The van der Waals surface area contributed by atoms with E-state index in [2.05, 4.69) is 17.2 Å². The quantitative estimate of drug-likeness (QED) is 0.854. The summed E-state index contributed by atoms with van der Waals surface area (Å²) in [5.41, 5.74) is 2.42. The van der Waals surface area contributed by atoms with Crippen LogP contribution in [0.4, 0.5) is 10.8 Å². The molecule has 2 amide bonds. The van der Waals surface area contributed by atoms with Crippen molar-refractivity contribution in [1.29, 1.82) is 0 Å². The van der Waals surface area contributed by atoms with Gasteiger partial charge in [0.2, 0.25) is 5.91 Å². The van der Waals surface area contributed by atoms with Crippen molar-refractivity contribution >= 4 is 34.0 Å². The van der Waals surface area contributed by atoms with E-state index < -0.39 is 0 Å². The van der Waals surface area contributed by atoms with Crippen LogP contribution in [0.5, 0.6) is 5.75 Å². The van der Waals surface area contributed by atoms with Gasteiger partial charge in [-0.1, -0.05) is 13.3 Å². The zero-order chi connectivity index (χ0) is 17.8. The zero-order valence-corrected chi connectivity index (χ0v) is 15.2. The van der Waals surface area contributed by atoms with Crippen LogP contribution in [0.25, 0.3) is 11.3 Å². The molecule has 0 saturated heterocycles. The SMILES string of the molecule is CCCCC(=O)Nc1nc(-c2ccc3c(c2)N(CC)C(=O)CO3)cs1. The average Bonchev–Trinajstić information content (AvgIpc) is 3.07. The van der Waals surface area contributed by atoms with Gasteiger partial charge in [-0.05, 0) is 31.5 Å². The maximum absolute atomic E-state index is 12.0. The van der Waals surface area contributed by atoms with Crippen molar-refractivity contribution in [2.24, 2.45) is 0 Å². The third-order valence-corrected chi connectivity index (χ3v) is 4.78. The van der Waals surface area contributed by atoms with Crippen molar-refractivity contribution in [2.75, 3.05) is 23.4 Å². The fourth-order valence-corrected chi connectivity index (χ4v) is 3.43. The van der Waals surface area contributed by atoms with Crippen LogP contribution >= 0.6 is 11.3 Å². The molecule has 2 heterocycles. The number of rotatable bonds is 6. The second-order valence-corrected chi connectivity index (χ2v) is 6.66. The minimum atomic E-state index is -0.0469. The van der Waals surface area contributed by atoms with Gasteiger partial charge in [-0.3, -0.25) is 9.59 Å². The lowest BCUT2D eigenvalue weighted by Gasteiger charge is -2.28. The van der Waals surface area contributed by atoms with Gasteiger partial charge < -0.3 is 15.0 Å². The lowest BCUT2D eigenvalue weighted by molar-refractivity contribution is -0.121. The van der Waals surface area contributed by atoms with Gasteiger partial charge in [0.1, 0.15) is 5.75 Å². The summed E-state index contributed by atoms with van der Waals surface area (Å²) in [7, 11) is 0. The second-order valence-electron chi connectivity index (χ2n) is 5.80. The first-order valence-corrected chi connectivity index (χ1v) is 9.33. The smallest absolute Gasteiger partial charge is 0.265 e. The summed E-state index contributed by atoms with van der Waals surface area (Å²) in [5.74, 6) is 0.646. The number of carbonyl (C=O) groups excluding carboxylic acids is 2. The third kappa shape index (κ3) is 3.82. The number of aromatic nitrogens is 1. The third-order valence-electron chi connectivity index (χ3n) is 4.02. The number of amides is 2. The highest BCUT2D eigenvalue weighted by Gasteiger charge is 2.24. The number of carbonyl (C=O) groups is 2. The Morgan fingerprint density at radius 1 is 1.40 bits per heavy atom. The fraction of sp³-hybridized carbons (Fsp3) is 0.389. The van der Waals surface area contributed by atoms with Crippen LogP contribution in [-0.2, 0) is 9.59 Å². The van der Waals surface area contributed by atoms with Crippen molar-refractivity contribution in [3.8, 4) is 17.0 Å². The molecule has 0 bridgehead atoms. The Morgan fingerprint density at radius 3 is 3.00 bits per heavy atom. The molecule has 0 radical (unpaired) electrons. The van der Waals surface area contributed by atoms with Gasteiger partial charge >= 0.3 is 0 Å². The molecule has 3 rings (SSSR count). The van der Waals surface area contributed by atoms with Gasteiger partial charge in [-0.2, -0.15) is 0 Å². The van der Waals surface area contributed by atoms with Crippen molar-refractivity contribution in [3.05, 3.63) is 23.6 Å². The first kappa shape index (κ1) is 17.4. The molecule has 0 spiro atoms. The van der Waals surface area contributed by atoms with Crippen molar-refractivity contribution in [1.82, 2.24) is 4.98 Å². The molecule has 1 aromatic carbocycles. The van der Waals surface area contributed by atoms with Crippen LogP contribution in [0.15, 0.2) is 23.6 Å². The summed E-state index contributed by atoms with van der Waals surface area (Å²) in [6, 6.07) is 5.69. The minimum absolute atomic E-state index is 0.00987. The maximum Gasteiger partial charge on any atom is 0.265 e. The number of likely N-dealkylation sites (N-methyl/N-ethyl adjacent to an activating group) is 1. The Hall–Kier alpha value is -2.41. The Balaban J connectivity index is 1.80. The predicted molar refractivity (Wildman–Crippen MR) is 99.2 cm³/mol. The number of unbranched alkanes of at least 4 members (excludes halogenated alkanes) is 1. The number of hydrogen-bond acceptors (Lipinski definition) is 5. The molecular formula is C18H21N3O3S. The number of hydrogen-bond donors (Lipinski definition) is 1. The highest BCUT2D eigenvalue weighted by Crippen LogP contribution is 2.36. The summed E-state index contributed by atoms with van der Waals surface area (Å²) in [5, 5.41) is 5.33. The normalized spacial score (nSPS) is 13.4. The van der Waals surface area contributed by atoms with Crippen LogP contribution in [0.1, 0.15) is 33.1 Å². The Bertz CT molecular complexity index is 788. The molecule has 1 aliphatic heterocycles. The zero-order valence-electron chi connectivity index (χ0n) is 14.4. The van der Waals surface area contributed by atoms with Crippen LogP contribution < -0.4 is 15.0 Å². The maximum atomic E-state index is 12.0. The molecule has 0 atom stereocenters. The molecule has 1 aliphatic rings. The van der Waals surface area contributed by atoms with E-state index in [0.29, 0.717) is 23.8 Å². The number of benzene rings is 1. The van der Waals surface area contributed by atoms with Crippen LogP contribution in [0, 0.1) is 0 Å². The molecule has 132 valence electrons. The van der Waals surface area contributed by atoms with Crippen molar-refractivity contribution < 1.29 is 14.3 Å². The number of fused-ring (bicyclic) bond motifs is 1. The molecule has 7 heteroatoms. The summed E-state index contributed by atoms with van der Waals surface area (Å²) < 4.78 is 5.49. The standard InChI is InChI=1S/C18H21N3O3S/c1-3-5-6-16(22)20-18-19-13(11-25-18)12-7-8-15-14(9-12)21(4-2)17(23)10-24-15/h7-9,11H,3-6,10H2,1-2H3,(H,19,20,22). The molecule has 1 N–H and O–H groups in total.